The summed E-state index contributed by atoms with van der Waals surface area (Å²) in [5.74, 6) is 0.287. The predicted octanol–water partition coefficient (Wildman–Crippen LogP) is 4.31. The summed E-state index contributed by atoms with van der Waals surface area (Å²) >= 11 is 7.15. The summed E-state index contributed by atoms with van der Waals surface area (Å²) in [5.41, 5.74) is 1.59. The molecule has 0 radical (unpaired) electrons. The van der Waals surface area contributed by atoms with Gasteiger partial charge in [-0.3, -0.25) is 9.89 Å². The minimum atomic E-state index is -0.471. The predicted molar refractivity (Wildman–Crippen MR) is 104 cm³/mol. The Morgan fingerprint density at radius 2 is 2.15 bits per heavy atom. The summed E-state index contributed by atoms with van der Waals surface area (Å²) in [6.45, 7) is 1.78. The van der Waals surface area contributed by atoms with Gasteiger partial charge >= 0.3 is 0 Å². The fourth-order valence-electron chi connectivity index (χ4n) is 2.33. The van der Waals surface area contributed by atoms with Crippen molar-refractivity contribution in [2.45, 2.75) is 12.1 Å². The number of rotatable bonds is 6. The van der Waals surface area contributed by atoms with Crippen LogP contribution in [0.5, 0.6) is 5.75 Å². The van der Waals surface area contributed by atoms with E-state index >= 15 is 0 Å². The van der Waals surface area contributed by atoms with E-state index in [-0.39, 0.29) is 17.3 Å². The summed E-state index contributed by atoms with van der Waals surface area (Å²) in [6.07, 6.45) is 0. The Morgan fingerprint density at radius 1 is 1.33 bits per heavy atom. The average molecular weight is 407 g/mol. The summed E-state index contributed by atoms with van der Waals surface area (Å²) < 4.78 is 19.1. The van der Waals surface area contributed by atoms with Crippen LogP contribution in [0.1, 0.15) is 5.56 Å². The van der Waals surface area contributed by atoms with Crippen LogP contribution in [0.4, 0.5) is 10.1 Å². The fraction of sp³-hybridized carbons (Fsp3) is 0.167. The van der Waals surface area contributed by atoms with Crippen molar-refractivity contribution in [2.75, 3.05) is 18.2 Å². The second-order valence-electron chi connectivity index (χ2n) is 5.63. The van der Waals surface area contributed by atoms with Crippen molar-refractivity contribution >= 4 is 35.0 Å². The van der Waals surface area contributed by atoms with E-state index in [4.69, 9.17) is 16.3 Å². The number of nitrogens with zero attached hydrogens (tertiary/aromatic N) is 2. The highest BCUT2D eigenvalue weighted by molar-refractivity contribution is 7.99. The van der Waals surface area contributed by atoms with Gasteiger partial charge in [0.05, 0.1) is 24.1 Å². The van der Waals surface area contributed by atoms with Gasteiger partial charge in [-0.25, -0.2) is 9.37 Å². The van der Waals surface area contributed by atoms with Crippen LogP contribution < -0.4 is 10.1 Å². The van der Waals surface area contributed by atoms with Gasteiger partial charge < -0.3 is 10.1 Å². The van der Waals surface area contributed by atoms with Crippen molar-refractivity contribution in [1.29, 1.82) is 0 Å². The molecule has 27 heavy (non-hydrogen) atoms. The van der Waals surface area contributed by atoms with E-state index in [9.17, 15) is 9.18 Å². The molecule has 3 rings (SSSR count). The topological polar surface area (TPSA) is 79.9 Å². The number of aromatic nitrogens is 3. The quantitative estimate of drug-likeness (QED) is 0.596. The third-order valence-electron chi connectivity index (χ3n) is 3.61. The zero-order chi connectivity index (χ0) is 19.4. The molecule has 0 atom stereocenters. The van der Waals surface area contributed by atoms with Crippen molar-refractivity contribution < 1.29 is 13.9 Å². The third-order valence-corrected chi connectivity index (χ3v) is 4.69. The molecular weight excluding hydrogens is 391 g/mol. The van der Waals surface area contributed by atoms with E-state index in [2.05, 4.69) is 20.5 Å². The molecule has 6 nitrogen and oxygen atoms in total. The molecule has 0 unspecified atom stereocenters. The zero-order valence-corrected chi connectivity index (χ0v) is 16.1. The molecule has 0 spiro atoms. The molecule has 0 aliphatic rings. The van der Waals surface area contributed by atoms with Crippen LogP contribution in [0, 0.1) is 12.7 Å². The minimum absolute atomic E-state index is 0.0390. The van der Waals surface area contributed by atoms with Gasteiger partial charge in [-0.2, -0.15) is 0 Å². The van der Waals surface area contributed by atoms with Crippen LogP contribution in [-0.4, -0.2) is 34.0 Å². The zero-order valence-electron chi connectivity index (χ0n) is 14.5. The number of ether oxygens (including phenoxy) is 1. The van der Waals surface area contributed by atoms with Crippen molar-refractivity contribution in [3.05, 3.63) is 52.8 Å². The largest absolute Gasteiger partial charge is 0.496 e. The number of halogens is 2. The first-order valence-corrected chi connectivity index (χ1v) is 9.27. The SMILES string of the molecule is COc1ccc(Cl)cc1-c1nc(SCC(=O)Nc2ccc(C)cc2F)n[nH]1. The number of benzene rings is 2. The van der Waals surface area contributed by atoms with Crippen molar-refractivity contribution in [1.82, 2.24) is 15.2 Å². The molecule has 1 aromatic heterocycles. The molecule has 0 bridgehead atoms. The monoisotopic (exact) mass is 406 g/mol. The number of methoxy groups -OCH3 is 1. The number of anilines is 1. The Balaban J connectivity index is 1.64. The van der Waals surface area contributed by atoms with Crippen molar-refractivity contribution in [3.63, 3.8) is 0 Å². The lowest BCUT2D eigenvalue weighted by Gasteiger charge is -2.06. The van der Waals surface area contributed by atoms with Crippen molar-refractivity contribution in [2.24, 2.45) is 0 Å². The molecule has 2 aromatic carbocycles. The van der Waals surface area contributed by atoms with Crippen molar-refractivity contribution in [3.8, 4) is 17.1 Å². The van der Waals surface area contributed by atoms with Crippen LogP contribution in [-0.2, 0) is 4.79 Å². The first-order valence-electron chi connectivity index (χ1n) is 7.91. The van der Waals surface area contributed by atoms with E-state index < -0.39 is 5.82 Å². The number of aromatic amines is 1. The fourth-order valence-corrected chi connectivity index (χ4v) is 3.11. The standard InChI is InChI=1S/C18H16ClFN4O2S/c1-10-3-5-14(13(20)7-10)21-16(25)9-27-18-22-17(23-24-18)12-8-11(19)4-6-15(12)26-2/h3-8H,9H2,1-2H3,(H,21,25)(H,22,23,24). The minimum Gasteiger partial charge on any atom is -0.496 e. The molecule has 0 aliphatic carbocycles. The van der Waals surface area contributed by atoms with E-state index in [1.165, 1.54) is 12.1 Å². The van der Waals surface area contributed by atoms with Gasteiger partial charge in [-0.1, -0.05) is 29.4 Å². The molecule has 140 valence electrons. The number of carbonyl (C=O) groups is 1. The summed E-state index contributed by atoms with van der Waals surface area (Å²) in [6, 6.07) is 9.78. The van der Waals surface area contributed by atoms with Gasteiger partial charge in [-0.15, -0.1) is 5.10 Å². The third kappa shape index (κ3) is 4.78. The van der Waals surface area contributed by atoms with Gasteiger partial charge in [0.25, 0.3) is 0 Å². The van der Waals surface area contributed by atoms with Gasteiger partial charge in [0.2, 0.25) is 11.1 Å². The summed E-state index contributed by atoms with van der Waals surface area (Å²) in [4.78, 5) is 16.4. The molecule has 9 heteroatoms. The molecule has 0 saturated heterocycles. The molecule has 1 amide bonds. The van der Waals surface area contributed by atoms with Crippen LogP contribution in [0.15, 0.2) is 41.6 Å². The van der Waals surface area contributed by atoms with E-state index in [1.54, 1.807) is 38.3 Å². The molecular formula is C18H16ClFN4O2S. The molecule has 3 aromatic rings. The van der Waals surface area contributed by atoms with Gasteiger partial charge in [0.15, 0.2) is 5.82 Å². The Kier molecular flexibility index (Phi) is 5.98. The van der Waals surface area contributed by atoms with Gasteiger partial charge in [0, 0.05) is 5.02 Å². The first kappa shape index (κ1) is 19.2. The van der Waals surface area contributed by atoms with Gasteiger partial charge in [0.1, 0.15) is 11.6 Å². The Bertz CT molecular complexity index is 980. The normalized spacial score (nSPS) is 10.7. The highest BCUT2D eigenvalue weighted by Crippen LogP contribution is 2.31. The summed E-state index contributed by atoms with van der Waals surface area (Å²) in [5, 5.41) is 10.3. The van der Waals surface area contributed by atoms with Crippen LogP contribution in [0.3, 0.4) is 0 Å². The number of aryl methyl sites for hydroxylation is 1. The average Bonchev–Trinajstić information content (AvgIpc) is 3.11. The lowest BCUT2D eigenvalue weighted by Crippen LogP contribution is -2.15. The van der Waals surface area contributed by atoms with Crippen LogP contribution in [0.2, 0.25) is 5.02 Å². The maximum atomic E-state index is 13.8. The lowest BCUT2D eigenvalue weighted by molar-refractivity contribution is -0.113. The molecule has 0 fully saturated rings. The molecule has 0 saturated carbocycles. The molecule has 1 heterocycles. The van der Waals surface area contributed by atoms with E-state index in [0.717, 1.165) is 17.3 Å². The number of amides is 1. The highest BCUT2D eigenvalue weighted by Gasteiger charge is 2.14. The number of carbonyl (C=O) groups excluding carboxylic acids is 1. The van der Waals surface area contributed by atoms with E-state index in [1.807, 2.05) is 0 Å². The van der Waals surface area contributed by atoms with Crippen LogP contribution >= 0.6 is 23.4 Å². The van der Waals surface area contributed by atoms with E-state index in [0.29, 0.717) is 27.3 Å². The first-order chi connectivity index (χ1) is 13.0. The molecule has 0 aliphatic heterocycles. The number of nitrogens with one attached hydrogen (secondary N) is 2. The number of hydrogen-bond donors (Lipinski definition) is 2. The van der Waals surface area contributed by atoms with Crippen LogP contribution in [0.25, 0.3) is 11.4 Å². The molecule has 2 N–H and O–H groups in total. The highest BCUT2D eigenvalue weighted by atomic mass is 35.5. The lowest BCUT2D eigenvalue weighted by atomic mass is 10.2. The number of thioether (sulfide) groups is 1. The Labute approximate surface area is 164 Å². The summed E-state index contributed by atoms with van der Waals surface area (Å²) in [7, 11) is 1.55. The maximum Gasteiger partial charge on any atom is 0.234 e. The maximum absolute atomic E-state index is 13.8. The number of hydrogen-bond acceptors (Lipinski definition) is 5. The smallest absolute Gasteiger partial charge is 0.234 e. The Hall–Kier alpha value is -2.58. The second kappa shape index (κ2) is 8.41. The second-order valence-corrected chi connectivity index (χ2v) is 7.01. The van der Waals surface area contributed by atoms with Gasteiger partial charge in [-0.05, 0) is 42.8 Å². The number of H-pyrrole nitrogens is 1. The Morgan fingerprint density at radius 3 is 2.89 bits per heavy atom.